The van der Waals surface area contributed by atoms with Gasteiger partial charge in [-0.05, 0) is 18.9 Å². The molecule has 94 valence electrons. The molecule has 18 heavy (non-hydrogen) atoms. The van der Waals surface area contributed by atoms with Crippen LogP contribution < -0.4 is 10.9 Å². The molecule has 0 saturated heterocycles. The van der Waals surface area contributed by atoms with E-state index in [9.17, 15) is 4.79 Å². The summed E-state index contributed by atoms with van der Waals surface area (Å²) in [5.74, 6) is 0. The predicted molar refractivity (Wildman–Crippen MR) is 67.6 cm³/mol. The van der Waals surface area contributed by atoms with Gasteiger partial charge in [-0.15, -0.1) is 0 Å². The number of aryl methyl sites for hydroxylation is 2. The van der Waals surface area contributed by atoms with E-state index in [0.29, 0.717) is 6.54 Å². The van der Waals surface area contributed by atoms with E-state index >= 15 is 0 Å². The molecule has 0 saturated carbocycles. The summed E-state index contributed by atoms with van der Waals surface area (Å²) in [6.45, 7) is 1.34. The number of nitrogens with one attached hydrogen (secondary N) is 1. The lowest BCUT2D eigenvalue weighted by Crippen LogP contribution is -2.27. The molecule has 0 atom stereocenters. The summed E-state index contributed by atoms with van der Waals surface area (Å²) < 4.78 is 3.20. The lowest BCUT2D eigenvalue weighted by atomic mass is 10.1. The molecule has 1 aliphatic rings. The van der Waals surface area contributed by atoms with Crippen LogP contribution in [0.4, 0.5) is 5.69 Å². The number of rotatable bonds is 2. The molecule has 6 nitrogen and oxygen atoms in total. The predicted octanol–water partition coefficient (Wildman–Crippen LogP) is 0.383. The van der Waals surface area contributed by atoms with Crippen molar-refractivity contribution in [3.05, 3.63) is 40.1 Å². The largest absolute Gasteiger partial charge is 0.383 e. The van der Waals surface area contributed by atoms with Gasteiger partial charge in [-0.2, -0.15) is 10.2 Å². The van der Waals surface area contributed by atoms with Crippen LogP contribution in [0.2, 0.25) is 0 Å². The maximum atomic E-state index is 11.9. The van der Waals surface area contributed by atoms with Crippen molar-refractivity contribution in [3.8, 4) is 0 Å². The minimum Gasteiger partial charge on any atom is -0.383 e. The fourth-order valence-corrected chi connectivity index (χ4v) is 2.16. The van der Waals surface area contributed by atoms with Gasteiger partial charge in [-0.3, -0.25) is 9.48 Å². The lowest BCUT2D eigenvalue weighted by Gasteiger charge is -2.17. The normalized spacial score (nSPS) is 14.1. The zero-order chi connectivity index (χ0) is 12.5. The number of fused-ring (bicyclic) bond motifs is 1. The van der Waals surface area contributed by atoms with Crippen molar-refractivity contribution >= 4 is 5.69 Å². The zero-order valence-corrected chi connectivity index (χ0v) is 10.3. The van der Waals surface area contributed by atoms with Crippen molar-refractivity contribution in [2.45, 2.75) is 19.4 Å². The Morgan fingerprint density at radius 3 is 3.11 bits per heavy atom. The van der Waals surface area contributed by atoms with Crippen molar-refractivity contribution < 1.29 is 0 Å². The van der Waals surface area contributed by atoms with E-state index in [1.807, 2.05) is 19.3 Å². The van der Waals surface area contributed by atoms with Gasteiger partial charge in [0.15, 0.2) is 0 Å². The Hall–Kier alpha value is -2.11. The zero-order valence-electron chi connectivity index (χ0n) is 10.3. The monoisotopic (exact) mass is 245 g/mol. The minimum atomic E-state index is -0.0891. The van der Waals surface area contributed by atoms with Gasteiger partial charge >= 0.3 is 0 Å². The highest BCUT2D eigenvalue weighted by Crippen LogP contribution is 2.16. The Labute approximate surface area is 104 Å². The number of nitrogens with zero attached hydrogens (tertiary/aromatic N) is 4. The second-order valence-electron chi connectivity index (χ2n) is 4.51. The summed E-state index contributed by atoms with van der Waals surface area (Å²) >= 11 is 0. The first-order valence-corrected chi connectivity index (χ1v) is 6.06. The molecule has 2 aromatic rings. The summed E-state index contributed by atoms with van der Waals surface area (Å²) in [6, 6.07) is 3.52. The minimum absolute atomic E-state index is 0.0891. The number of hydrogen-bond donors (Lipinski definition) is 1. The molecule has 0 unspecified atom stereocenters. The SMILES string of the molecule is Cn1ccc(Cn2nc3c(cc2=O)NCCC3)n1. The summed E-state index contributed by atoms with van der Waals surface area (Å²) in [5, 5.41) is 11.9. The van der Waals surface area contributed by atoms with E-state index in [-0.39, 0.29) is 5.56 Å². The summed E-state index contributed by atoms with van der Waals surface area (Å²) in [6.07, 6.45) is 3.84. The molecule has 0 radical (unpaired) electrons. The molecule has 3 heterocycles. The average Bonchev–Trinajstić information content (AvgIpc) is 2.76. The first-order valence-electron chi connectivity index (χ1n) is 6.06. The first kappa shape index (κ1) is 11.0. The quantitative estimate of drug-likeness (QED) is 0.831. The van der Waals surface area contributed by atoms with Crippen LogP contribution in [-0.2, 0) is 20.0 Å². The fourth-order valence-electron chi connectivity index (χ4n) is 2.16. The van der Waals surface area contributed by atoms with Gasteiger partial charge in [0.1, 0.15) is 0 Å². The van der Waals surface area contributed by atoms with Gasteiger partial charge in [0.2, 0.25) is 0 Å². The van der Waals surface area contributed by atoms with Crippen LogP contribution in [0.25, 0.3) is 0 Å². The van der Waals surface area contributed by atoms with Crippen LogP contribution in [0.3, 0.4) is 0 Å². The van der Waals surface area contributed by atoms with Crippen molar-refractivity contribution in [1.82, 2.24) is 19.6 Å². The van der Waals surface area contributed by atoms with E-state index < -0.39 is 0 Å². The average molecular weight is 245 g/mol. The number of anilines is 1. The number of aromatic nitrogens is 4. The van der Waals surface area contributed by atoms with Crippen molar-refractivity contribution in [2.75, 3.05) is 11.9 Å². The molecule has 0 amide bonds. The Morgan fingerprint density at radius 1 is 1.44 bits per heavy atom. The third kappa shape index (κ3) is 2.01. The maximum absolute atomic E-state index is 11.9. The van der Waals surface area contributed by atoms with E-state index in [2.05, 4.69) is 15.5 Å². The highest BCUT2D eigenvalue weighted by atomic mass is 16.1. The Balaban J connectivity index is 1.94. The van der Waals surface area contributed by atoms with E-state index in [0.717, 1.165) is 36.5 Å². The first-order chi connectivity index (χ1) is 8.72. The van der Waals surface area contributed by atoms with Crippen LogP contribution in [-0.4, -0.2) is 26.1 Å². The molecule has 0 aliphatic carbocycles. The smallest absolute Gasteiger partial charge is 0.269 e. The van der Waals surface area contributed by atoms with Gasteiger partial charge in [-0.25, -0.2) is 4.68 Å². The van der Waals surface area contributed by atoms with E-state index in [4.69, 9.17) is 0 Å². The van der Waals surface area contributed by atoms with Crippen LogP contribution in [0.15, 0.2) is 23.1 Å². The summed E-state index contributed by atoms with van der Waals surface area (Å²) in [4.78, 5) is 11.9. The summed E-state index contributed by atoms with van der Waals surface area (Å²) in [7, 11) is 1.86. The molecule has 0 spiro atoms. The molecule has 0 bridgehead atoms. The molecule has 0 fully saturated rings. The molecule has 6 heteroatoms. The van der Waals surface area contributed by atoms with Gasteiger partial charge in [0.25, 0.3) is 5.56 Å². The second-order valence-corrected chi connectivity index (χ2v) is 4.51. The van der Waals surface area contributed by atoms with Gasteiger partial charge in [0, 0.05) is 25.9 Å². The van der Waals surface area contributed by atoms with Gasteiger partial charge in [-0.1, -0.05) is 0 Å². The standard InChI is InChI=1S/C12H15N5O/c1-16-6-4-9(14-16)8-17-12(18)7-11-10(15-17)3-2-5-13-11/h4,6-7,13H,2-3,5,8H2,1H3. The second kappa shape index (κ2) is 4.29. The fraction of sp³-hybridized carbons (Fsp3) is 0.417. The molecule has 2 aromatic heterocycles. The maximum Gasteiger partial charge on any atom is 0.269 e. The Morgan fingerprint density at radius 2 is 2.33 bits per heavy atom. The highest BCUT2D eigenvalue weighted by Gasteiger charge is 2.13. The highest BCUT2D eigenvalue weighted by molar-refractivity contribution is 5.48. The van der Waals surface area contributed by atoms with Crippen LogP contribution in [0.1, 0.15) is 17.8 Å². The molecular weight excluding hydrogens is 230 g/mol. The Bertz CT molecular complexity index is 628. The third-order valence-electron chi connectivity index (χ3n) is 3.06. The molecule has 1 aliphatic heterocycles. The Kier molecular flexibility index (Phi) is 2.62. The molecule has 0 aromatic carbocycles. The molecule has 1 N–H and O–H groups in total. The van der Waals surface area contributed by atoms with Crippen molar-refractivity contribution in [2.24, 2.45) is 7.05 Å². The van der Waals surface area contributed by atoms with Crippen LogP contribution >= 0.6 is 0 Å². The van der Waals surface area contributed by atoms with E-state index in [1.165, 1.54) is 4.68 Å². The van der Waals surface area contributed by atoms with E-state index in [1.54, 1.807) is 10.7 Å². The van der Waals surface area contributed by atoms with Crippen LogP contribution in [0, 0.1) is 0 Å². The molecule has 3 rings (SSSR count). The van der Waals surface area contributed by atoms with Crippen molar-refractivity contribution in [1.29, 1.82) is 0 Å². The van der Waals surface area contributed by atoms with Gasteiger partial charge < -0.3 is 5.32 Å². The molecular formula is C12H15N5O. The number of hydrogen-bond acceptors (Lipinski definition) is 4. The van der Waals surface area contributed by atoms with Gasteiger partial charge in [0.05, 0.1) is 23.6 Å². The van der Waals surface area contributed by atoms with Crippen LogP contribution in [0.5, 0.6) is 0 Å². The topological polar surface area (TPSA) is 64.7 Å². The summed E-state index contributed by atoms with van der Waals surface area (Å²) in [5.41, 5.74) is 2.60. The third-order valence-corrected chi connectivity index (χ3v) is 3.06. The van der Waals surface area contributed by atoms with Crippen molar-refractivity contribution in [3.63, 3.8) is 0 Å². The lowest BCUT2D eigenvalue weighted by molar-refractivity contribution is 0.591.